The number of nitrogens with one attached hydrogen (secondary N) is 1. The summed E-state index contributed by atoms with van der Waals surface area (Å²) in [5.41, 5.74) is 6.39. The van der Waals surface area contributed by atoms with Crippen LogP contribution >= 0.6 is 0 Å². The fourth-order valence-corrected chi connectivity index (χ4v) is 3.28. The molecule has 3 aromatic rings. The van der Waals surface area contributed by atoms with E-state index in [-0.39, 0.29) is 6.04 Å². The van der Waals surface area contributed by atoms with Crippen LogP contribution in [0.25, 0.3) is 11.0 Å². The van der Waals surface area contributed by atoms with Crippen LogP contribution in [0.15, 0.2) is 42.5 Å². The van der Waals surface area contributed by atoms with Crippen LogP contribution in [0.1, 0.15) is 28.6 Å². The lowest BCUT2D eigenvalue weighted by molar-refractivity contribution is 0.467. The zero-order valence-corrected chi connectivity index (χ0v) is 12.4. The van der Waals surface area contributed by atoms with Gasteiger partial charge in [-0.15, -0.1) is 0 Å². The Kier molecular flexibility index (Phi) is 2.82. The molecule has 0 bridgehead atoms. The lowest BCUT2D eigenvalue weighted by Gasteiger charge is -2.25. The highest BCUT2D eigenvalue weighted by Gasteiger charge is 2.23. The molecule has 0 fully saturated rings. The van der Waals surface area contributed by atoms with Crippen molar-refractivity contribution < 1.29 is 0 Å². The molecular formula is C18H19N3. The Morgan fingerprint density at radius 1 is 1.14 bits per heavy atom. The number of imidazole rings is 1. The van der Waals surface area contributed by atoms with Gasteiger partial charge in [0, 0.05) is 13.6 Å². The predicted octanol–water partition coefficient (Wildman–Crippen LogP) is 3.27. The number of nitrogens with zero attached hydrogens (tertiary/aromatic N) is 2. The van der Waals surface area contributed by atoms with Crippen molar-refractivity contribution in [3.63, 3.8) is 0 Å². The number of aromatic nitrogens is 2. The Morgan fingerprint density at radius 3 is 2.81 bits per heavy atom. The Balaban J connectivity index is 1.76. The predicted molar refractivity (Wildman–Crippen MR) is 85.2 cm³/mol. The lowest BCUT2D eigenvalue weighted by atomic mass is 9.95. The molecule has 2 aromatic carbocycles. The van der Waals surface area contributed by atoms with Crippen molar-refractivity contribution in [2.24, 2.45) is 7.05 Å². The molecule has 21 heavy (non-hydrogen) atoms. The van der Waals surface area contributed by atoms with Gasteiger partial charge >= 0.3 is 0 Å². The van der Waals surface area contributed by atoms with Crippen LogP contribution in [0.5, 0.6) is 0 Å². The van der Waals surface area contributed by atoms with Crippen LogP contribution in [0.2, 0.25) is 0 Å². The molecule has 0 saturated heterocycles. The minimum Gasteiger partial charge on any atom is -0.330 e. The van der Waals surface area contributed by atoms with Crippen LogP contribution in [-0.4, -0.2) is 9.55 Å². The molecule has 1 N–H and O–H groups in total. The fourth-order valence-electron chi connectivity index (χ4n) is 3.28. The first-order valence-electron chi connectivity index (χ1n) is 7.45. The van der Waals surface area contributed by atoms with Gasteiger partial charge in [-0.05, 0) is 42.2 Å². The summed E-state index contributed by atoms with van der Waals surface area (Å²) in [6.07, 6.45) is 1.01. The molecule has 0 aliphatic carbocycles. The average Bonchev–Trinajstić information content (AvgIpc) is 2.83. The molecule has 0 amide bonds. The van der Waals surface area contributed by atoms with Gasteiger partial charge in [0.2, 0.25) is 0 Å². The molecule has 1 unspecified atom stereocenters. The van der Waals surface area contributed by atoms with Crippen molar-refractivity contribution in [1.82, 2.24) is 14.9 Å². The van der Waals surface area contributed by atoms with E-state index in [1.807, 2.05) is 0 Å². The molecule has 0 spiro atoms. The second kappa shape index (κ2) is 4.71. The molecule has 4 rings (SSSR count). The van der Waals surface area contributed by atoms with E-state index in [9.17, 15) is 0 Å². The highest BCUT2D eigenvalue weighted by molar-refractivity contribution is 5.76. The second-order valence-electron chi connectivity index (χ2n) is 5.93. The van der Waals surface area contributed by atoms with Gasteiger partial charge in [0.25, 0.3) is 0 Å². The summed E-state index contributed by atoms with van der Waals surface area (Å²) in [5.74, 6) is 1.13. The van der Waals surface area contributed by atoms with Crippen LogP contribution in [0.4, 0.5) is 0 Å². The van der Waals surface area contributed by atoms with Gasteiger partial charge in [-0.25, -0.2) is 4.98 Å². The number of hydrogen-bond acceptors (Lipinski definition) is 2. The van der Waals surface area contributed by atoms with Crippen molar-refractivity contribution in [1.29, 1.82) is 0 Å². The molecule has 0 radical (unpaired) electrons. The third-order valence-electron chi connectivity index (χ3n) is 4.46. The number of fused-ring (bicyclic) bond motifs is 2. The zero-order valence-electron chi connectivity index (χ0n) is 12.4. The van der Waals surface area contributed by atoms with E-state index in [0.29, 0.717) is 0 Å². The van der Waals surface area contributed by atoms with Crippen LogP contribution in [0, 0.1) is 6.92 Å². The maximum atomic E-state index is 4.87. The maximum absolute atomic E-state index is 4.87. The monoisotopic (exact) mass is 277 g/mol. The van der Waals surface area contributed by atoms with E-state index in [4.69, 9.17) is 4.98 Å². The normalized spacial score (nSPS) is 17.9. The summed E-state index contributed by atoms with van der Waals surface area (Å²) in [6.45, 7) is 3.03. The molecule has 1 aliphatic heterocycles. The van der Waals surface area contributed by atoms with Gasteiger partial charge in [0.05, 0.1) is 17.1 Å². The summed E-state index contributed by atoms with van der Waals surface area (Å²) in [7, 11) is 2.11. The van der Waals surface area contributed by atoms with E-state index in [2.05, 4.69) is 66.3 Å². The maximum Gasteiger partial charge on any atom is 0.127 e. The summed E-state index contributed by atoms with van der Waals surface area (Å²) >= 11 is 0. The zero-order chi connectivity index (χ0) is 14.4. The molecule has 0 saturated carbocycles. The van der Waals surface area contributed by atoms with Gasteiger partial charge in [-0.3, -0.25) is 0 Å². The Hall–Kier alpha value is -2.13. The summed E-state index contributed by atoms with van der Waals surface area (Å²) in [5, 5.41) is 3.62. The first kappa shape index (κ1) is 12.6. The lowest BCUT2D eigenvalue weighted by Crippen LogP contribution is -2.30. The Bertz CT molecular complexity index is 816. The fraction of sp³-hybridized carbons (Fsp3) is 0.278. The van der Waals surface area contributed by atoms with Gasteiger partial charge in [-0.2, -0.15) is 0 Å². The third kappa shape index (κ3) is 2.05. The van der Waals surface area contributed by atoms with E-state index in [1.54, 1.807) is 0 Å². The highest BCUT2D eigenvalue weighted by Crippen LogP contribution is 2.27. The van der Waals surface area contributed by atoms with E-state index < -0.39 is 0 Å². The highest BCUT2D eigenvalue weighted by atomic mass is 15.1. The standard InChI is InChI=1S/C18H19N3/c1-12-7-8-17-15(9-12)20-18(21(17)2)16-10-13-5-3-4-6-14(13)11-19-16/h3-9,16,19H,10-11H2,1-2H3. The molecule has 1 atom stereocenters. The van der Waals surface area contributed by atoms with Crippen LogP contribution < -0.4 is 5.32 Å². The quantitative estimate of drug-likeness (QED) is 0.740. The molecule has 3 heteroatoms. The van der Waals surface area contributed by atoms with E-state index in [1.165, 1.54) is 22.2 Å². The van der Waals surface area contributed by atoms with Crippen molar-refractivity contribution in [3.8, 4) is 0 Å². The molecule has 106 valence electrons. The van der Waals surface area contributed by atoms with Crippen molar-refractivity contribution in [3.05, 3.63) is 65.0 Å². The van der Waals surface area contributed by atoms with Gasteiger partial charge in [-0.1, -0.05) is 30.3 Å². The SMILES string of the molecule is Cc1ccc2c(c1)nc(C1Cc3ccccc3CN1)n2C. The minimum absolute atomic E-state index is 0.289. The minimum atomic E-state index is 0.289. The third-order valence-corrected chi connectivity index (χ3v) is 4.46. The van der Waals surface area contributed by atoms with Crippen molar-refractivity contribution >= 4 is 11.0 Å². The number of hydrogen-bond donors (Lipinski definition) is 1. The number of aryl methyl sites for hydroxylation is 2. The summed E-state index contributed by atoms with van der Waals surface area (Å²) < 4.78 is 2.22. The summed E-state index contributed by atoms with van der Waals surface area (Å²) in [4.78, 5) is 4.87. The smallest absolute Gasteiger partial charge is 0.127 e. The van der Waals surface area contributed by atoms with Crippen LogP contribution in [-0.2, 0) is 20.0 Å². The van der Waals surface area contributed by atoms with Crippen molar-refractivity contribution in [2.45, 2.75) is 25.9 Å². The second-order valence-corrected chi connectivity index (χ2v) is 5.93. The number of benzene rings is 2. The molecular weight excluding hydrogens is 258 g/mol. The van der Waals surface area contributed by atoms with Crippen molar-refractivity contribution in [2.75, 3.05) is 0 Å². The largest absolute Gasteiger partial charge is 0.330 e. The van der Waals surface area contributed by atoms with Gasteiger partial charge in [0.1, 0.15) is 5.82 Å². The Labute approximate surface area is 124 Å². The first-order valence-corrected chi connectivity index (χ1v) is 7.45. The summed E-state index contributed by atoms with van der Waals surface area (Å²) in [6, 6.07) is 15.4. The van der Waals surface area contributed by atoms with Crippen LogP contribution in [0.3, 0.4) is 0 Å². The molecule has 3 nitrogen and oxygen atoms in total. The first-order chi connectivity index (χ1) is 10.2. The topological polar surface area (TPSA) is 29.9 Å². The van der Waals surface area contributed by atoms with Gasteiger partial charge in [0.15, 0.2) is 0 Å². The number of rotatable bonds is 1. The molecule has 1 aromatic heterocycles. The van der Waals surface area contributed by atoms with Gasteiger partial charge < -0.3 is 9.88 Å². The van der Waals surface area contributed by atoms with E-state index >= 15 is 0 Å². The molecule has 2 heterocycles. The van der Waals surface area contributed by atoms with E-state index in [0.717, 1.165) is 24.3 Å². The molecule has 1 aliphatic rings. The average molecular weight is 277 g/mol. The Morgan fingerprint density at radius 2 is 1.95 bits per heavy atom.